The second-order valence-corrected chi connectivity index (χ2v) is 33.3. The Kier molecular flexibility index (Phi) is 17.3. The molecule has 0 saturated carbocycles. The highest BCUT2D eigenvalue weighted by atomic mass is 79.9. The van der Waals surface area contributed by atoms with Gasteiger partial charge in [0, 0.05) is 94.9 Å². The number of thiol groups is 1. The first-order valence-electron chi connectivity index (χ1n) is 42.2. The second kappa shape index (κ2) is 33.7. The van der Waals surface area contributed by atoms with Gasteiger partial charge >= 0.3 is 28.2 Å². The molecule has 3 fully saturated rings. The standard InChI is InChI=1S/C31H31B2N5O7S.C15H23BO4S.C9H11BrO2S.C9H11BrS.C6H5BrS/c1-18(2)46(40,41)22-13-11-21(12-14-22)24-16-34-27(31(33-45-31)36-28-32-43-28)26(35-24)25-15-23(37-44-25)20-9-7-19(8-10-20)17-38(6)29(39)42-30(3,4)5;1-11(2)21(17,18)13-9-7-12(8-10-13)16-19-14(3,4)15(5,6)20-16;1-7(2)13(11,12)9-5-3-8(10)4-6-9;1-7(2)11-9-5-3-8(10)4-6-9;7-5-1-3-6(8)4-2-5/h7-16,18H,17H2,1-6H3;7-11H,1-6H3;3-7H,1-2H3;3-7H,1-2H3;1-4,8H/i1D2,2D2,18D;1D3,2D3,11D;2*1D3,2D3,7D;. The number of amides is 1. The maximum atomic E-state index is 13.2. The number of sulfone groups is 3. The average Bonchev–Trinajstić information content (AvgIpc) is 1.27. The van der Waals surface area contributed by atoms with Crippen LogP contribution >= 0.6 is 72.2 Å². The number of benzene rings is 6. The van der Waals surface area contributed by atoms with Crippen molar-refractivity contribution < 1.29 is 93.6 Å². The van der Waals surface area contributed by atoms with Crippen molar-refractivity contribution in [2.24, 2.45) is 4.99 Å². The van der Waals surface area contributed by atoms with Crippen LogP contribution in [0.25, 0.3) is 34.0 Å². The van der Waals surface area contributed by atoms with Gasteiger partial charge in [0.25, 0.3) is 0 Å². The third kappa shape index (κ3) is 22.5. The molecule has 1 amide bonds. The van der Waals surface area contributed by atoms with Gasteiger partial charge in [-0.3, -0.25) is 4.98 Å². The minimum Gasteiger partial charge on any atom is -0.549 e. The molecule has 6 aromatic carbocycles. The van der Waals surface area contributed by atoms with Gasteiger partial charge in [-0.1, -0.05) is 115 Å². The van der Waals surface area contributed by atoms with E-state index in [0.29, 0.717) is 55.9 Å². The minimum absolute atomic E-state index is 0.222. The fourth-order valence-electron chi connectivity index (χ4n) is 8.10. The number of aromatic nitrogens is 3. The number of hydrogen-bond acceptors (Lipinski definition) is 19. The van der Waals surface area contributed by atoms with Crippen LogP contribution in [-0.2, 0) is 65.0 Å². The lowest BCUT2D eigenvalue weighted by Gasteiger charge is -2.32. The number of hydrogen-bond donors (Lipinski definition) is 1. The van der Waals surface area contributed by atoms with Crippen molar-refractivity contribution in [3.8, 4) is 34.0 Å². The Morgan fingerprint density at radius 3 is 1.63 bits per heavy atom. The zero-order valence-electron chi connectivity index (χ0n) is 79.9. The van der Waals surface area contributed by atoms with Crippen LogP contribution in [0.15, 0.2) is 205 Å². The van der Waals surface area contributed by atoms with E-state index in [1.165, 1.54) is 74.6 Å². The molecule has 2 aromatic heterocycles. The van der Waals surface area contributed by atoms with Gasteiger partial charge in [-0.05, 0) is 198 Å². The van der Waals surface area contributed by atoms with E-state index < -0.39 is 156 Å². The summed E-state index contributed by atoms with van der Waals surface area (Å²) in [6.45, 7) is -11.5. The number of ether oxygens (including phenoxy) is 1. The zero-order chi connectivity index (χ0) is 95.1. The van der Waals surface area contributed by atoms with Crippen molar-refractivity contribution in [2.75, 3.05) is 7.05 Å². The SMILES string of the molecule is Sc1ccc(Br)cc1.[2H]C([2H])([2H])C([2H])(C([2H])([2H])[2H])S(=O)(=O)c1ccc(B2OC(C)(C)C(C)(C)O2)cc1.[2H]C([2H])([2H])C([2H])(C([2H])([2H])[2H])S(=O)(=O)c1ccc(Br)cc1.[2H]C([2H])([2H])C([2H])(Sc1ccc(Br)cc1)C([2H])([2H])[2H].[2H]C([2H])C([2H])(C([2H])[2H])S(=O)(=O)c1ccc(-c2cnc(C3(N=C4[B]O4)[B]O3)c(-c3cc(-c4ccc(CN(C)C(=O)OC(C)(C)C)cc4)no3)n2)cc1. The lowest BCUT2D eigenvalue weighted by Crippen LogP contribution is -2.41. The first kappa shape index (κ1) is 50.7. The molecule has 0 N–H and O–H groups in total. The molecule has 3 saturated heterocycles. The lowest BCUT2D eigenvalue weighted by atomic mass is 9.79. The van der Waals surface area contributed by atoms with Crippen molar-refractivity contribution in [1.82, 2.24) is 20.0 Å². The summed E-state index contributed by atoms with van der Waals surface area (Å²) < 4.78 is 306. The molecule has 18 nitrogen and oxygen atoms in total. The average molecular weight is 1660 g/mol. The number of carbonyl (C=O) groups is 1. The number of aliphatic imine (C=N–C) groups is 1. The molecule has 99 heavy (non-hydrogen) atoms. The van der Waals surface area contributed by atoms with E-state index in [1.54, 1.807) is 58.2 Å². The Morgan fingerprint density at radius 2 is 1.16 bits per heavy atom. The molecule has 0 bridgehead atoms. The molecule has 8 aromatic rings. The zero-order valence-corrected chi connectivity index (χ0v) is 62.8. The predicted molar refractivity (Wildman–Crippen MR) is 409 cm³/mol. The van der Waals surface area contributed by atoms with Gasteiger partial charge in [0.2, 0.25) is 0 Å². The number of carbonyl (C=O) groups excluding carboxylic acids is 1. The molecular weight excluding hydrogens is 1550 g/mol. The summed E-state index contributed by atoms with van der Waals surface area (Å²) >= 11 is 14.3. The maximum absolute atomic E-state index is 13.2. The van der Waals surface area contributed by atoms with Crippen LogP contribution in [0.2, 0.25) is 0 Å². The third-order valence-corrected chi connectivity index (χ3v) is 21.0. The van der Waals surface area contributed by atoms with Gasteiger partial charge in [0.15, 0.2) is 46.7 Å². The summed E-state index contributed by atoms with van der Waals surface area (Å²) in [5.74, 6) is 0.572. The van der Waals surface area contributed by atoms with Crippen LogP contribution in [-0.4, -0.2) is 124 Å². The predicted octanol–water partition coefficient (Wildman–Crippen LogP) is 16.3. The van der Waals surface area contributed by atoms with E-state index in [1.807, 2.05) is 76.2 Å². The van der Waals surface area contributed by atoms with Crippen LogP contribution < -0.4 is 5.46 Å². The highest BCUT2D eigenvalue weighted by Crippen LogP contribution is 2.43. The second-order valence-electron chi connectivity index (χ2n) is 23.2. The Hall–Kier alpha value is -5.59. The van der Waals surface area contributed by atoms with Crippen molar-refractivity contribution in [1.29, 1.82) is 0 Å². The Bertz CT molecular complexity index is 5420. The molecule has 524 valence electrons. The summed E-state index contributed by atoms with van der Waals surface area (Å²) in [5.41, 5.74) is 0.629. The van der Waals surface area contributed by atoms with Crippen molar-refractivity contribution in [2.45, 2.75) is 178 Å². The van der Waals surface area contributed by atoms with Crippen LogP contribution in [0.4, 0.5) is 4.79 Å². The van der Waals surface area contributed by atoms with Gasteiger partial charge in [-0.25, -0.2) is 40.0 Å². The van der Waals surface area contributed by atoms with Gasteiger partial charge < -0.3 is 32.8 Å². The normalized spacial score (nSPS) is 21.4. The van der Waals surface area contributed by atoms with E-state index in [9.17, 15) is 30.0 Å². The van der Waals surface area contributed by atoms with Crippen LogP contribution in [0.5, 0.6) is 0 Å². The molecule has 1 atom stereocenters. The molecule has 0 aliphatic carbocycles. The Labute approximate surface area is 657 Å². The number of thioether (sulfide) groups is 1. The molecular formula is C70H81B3Br3N5O13S5. The van der Waals surface area contributed by atoms with Gasteiger partial charge in [-0.15, -0.1) is 24.4 Å². The van der Waals surface area contributed by atoms with Gasteiger partial charge in [0.05, 0.1) is 53.5 Å². The quantitative estimate of drug-likeness (QED) is 0.0409. The number of halogens is 3. The topological polar surface area (TPSA) is 240 Å². The van der Waals surface area contributed by atoms with Gasteiger partial charge in [-0.2, -0.15) is 0 Å². The fraction of sp³-hybridized carbons (Fsp3) is 0.357. The van der Waals surface area contributed by atoms with Crippen LogP contribution in [0.3, 0.4) is 0 Å². The molecule has 3 aliphatic rings. The van der Waals surface area contributed by atoms with Crippen LogP contribution in [0.1, 0.15) is 150 Å². The molecule has 0 spiro atoms. The molecule has 11 rings (SSSR count). The third-order valence-electron chi connectivity index (χ3n) is 14.1. The molecule has 5 heterocycles. The van der Waals surface area contributed by atoms with E-state index in [4.69, 9.17) is 68.5 Å². The number of rotatable bonds is 16. The monoisotopic (exact) mass is 1660 g/mol. The smallest absolute Gasteiger partial charge is 0.494 e. The number of nitrogens with zero attached hydrogens (tertiary/aromatic N) is 5. The summed E-state index contributed by atoms with van der Waals surface area (Å²) in [6.07, 6.45) is 0.996. The van der Waals surface area contributed by atoms with E-state index >= 15 is 0 Å². The molecule has 2 radical (unpaired) electrons. The lowest BCUT2D eigenvalue weighted by molar-refractivity contribution is 0.00578. The minimum atomic E-state index is -5.04. The maximum Gasteiger partial charge on any atom is 0.494 e. The van der Waals surface area contributed by atoms with E-state index in [0.717, 1.165) is 49.2 Å². The first-order chi connectivity index (χ1) is 56.7. The van der Waals surface area contributed by atoms with Crippen LogP contribution in [0, 0.1) is 0 Å². The Morgan fingerprint density at radius 1 is 0.697 bits per heavy atom. The summed E-state index contributed by atoms with van der Waals surface area (Å²) in [5, 5.41) is -8.68. The highest BCUT2D eigenvalue weighted by molar-refractivity contribution is 9.11. The fourth-order valence-corrected chi connectivity index (χ4v) is 11.8. The Balaban J connectivity index is 0.000000243. The largest absolute Gasteiger partial charge is 0.549 e. The highest BCUT2D eigenvalue weighted by Gasteiger charge is 2.55. The van der Waals surface area contributed by atoms with Crippen molar-refractivity contribution in [3.05, 3.63) is 183 Å². The molecule has 1 unspecified atom stereocenters. The summed E-state index contributed by atoms with van der Waals surface area (Å²) in [6, 6.07) is 38.1. The van der Waals surface area contributed by atoms with E-state index in [2.05, 4.69) is 75.6 Å². The molecule has 29 heteroatoms. The van der Waals surface area contributed by atoms with E-state index in [-0.39, 0.29) is 17.1 Å². The van der Waals surface area contributed by atoms with Gasteiger partial charge in [0.1, 0.15) is 22.7 Å². The molecule has 3 aliphatic heterocycles. The first-order valence-corrected chi connectivity index (χ1v) is 37.0. The van der Waals surface area contributed by atoms with Crippen molar-refractivity contribution >= 4 is 141 Å². The summed E-state index contributed by atoms with van der Waals surface area (Å²) in [7, 11) is -10.9. The summed E-state index contributed by atoms with van der Waals surface area (Å²) in [4.78, 5) is 27.6. The van der Waals surface area contributed by atoms with Crippen molar-refractivity contribution in [3.63, 3.8) is 0 Å².